The van der Waals surface area contributed by atoms with Gasteiger partial charge in [0, 0.05) is 20.6 Å². The maximum Gasteiger partial charge on any atom is 0.316 e. The summed E-state index contributed by atoms with van der Waals surface area (Å²) in [6, 6.07) is 9.57. The summed E-state index contributed by atoms with van der Waals surface area (Å²) in [7, 11) is 3.26. The number of hydrogen-bond acceptors (Lipinski definition) is 6. The topological polar surface area (TPSA) is 110 Å². The Morgan fingerprint density at radius 2 is 1.93 bits per heavy atom. The zero-order chi connectivity index (χ0) is 21.0. The second-order valence-corrected chi connectivity index (χ2v) is 7.06. The molecule has 154 valence electrons. The SMILES string of the molecule is C[C@H]1CN(C(=O)C(=O)Nc2ncn(CC(=O)N(C)C)n2)C[C@@H](c2ccccc2)O1. The lowest BCUT2D eigenvalue weighted by molar-refractivity contribution is -0.152. The minimum absolute atomic E-state index is 0.0104. The molecule has 1 fully saturated rings. The van der Waals surface area contributed by atoms with Crippen LogP contribution in [0.2, 0.25) is 0 Å². The third kappa shape index (κ3) is 5.17. The number of rotatable bonds is 4. The summed E-state index contributed by atoms with van der Waals surface area (Å²) >= 11 is 0. The molecular weight excluding hydrogens is 376 g/mol. The van der Waals surface area contributed by atoms with Gasteiger partial charge in [0.05, 0.1) is 12.6 Å². The molecule has 10 heteroatoms. The second kappa shape index (κ2) is 8.82. The monoisotopic (exact) mass is 400 g/mol. The summed E-state index contributed by atoms with van der Waals surface area (Å²) in [4.78, 5) is 43.6. The molecule has 1 saturated heterocycles. The van der Waals surface area contributed by atoms with Crippen molar-refractivity contribution in [2.45, 2.75) is 25.7 Å². The Labute approximate surface area is 168 Å². The van der Waals surface area contributed by atoms with Gasteiger partial charge in [-0.1, -0.05) is 30.3 Å². The maximum atomic E-state index is 12.6. The largest absolute Gasteiger partial charge is 0.367 e. The van der Waals surface area contributed by atoms with E-state index in [0.29, 0.717) is 6.54 Å². The van der Waals surface area contributed by atoms with Gasteiger partial charge in [0.1, 0.15) is 19.0 Å². The number of carbonyl (C=O) groups is 3. The van der Waals surface area contributed by atoms with Crippen LogP contribution in [-0.2, 0) is 25.7 Å². The molecule has 1 aromatic heterocycles. The summed E-state index contributed by atoms with van der Waals surface area (Å²) in [5.41, 5.74) is 0.947. The van der Waals surface area contributed by atoms with Gasteiger partial charge in [-0.25, -0.2) is 9.67 Å². The zero-order valence-corrected chi connectivity index (χ0v) is 16.6. The standard InChI is InChI=1S/C19H24N6O4/c1-13-9-24(10-15(29-13)14-7-5-4-6-8-14)18(28)17(27)21-19-20-12-25(22-19)11-16(26)23(2)3/h4-8,12-13,15H,9-11H2,1-3H3,(H,21,22,27)/t13-,15-/m0/s1. The Hall–Kier alpha value is -3.27. The van der Waals surface area contributed by atoms with Gasteiger partial charge in [0.2, 0.25) is 11.9 Å². The van der Waals surface area contributed by atoms with Crippen LogP contribution in [0.25, 0.3) is 0 Å². The first-order chi connectivity index (χ1) is 13.8. The van der Waals surface area contributed by atoms with Crippen LogP contribution in [0.15, 0.2) is 36.7 Å². The smallest absolute Gasteiger partial charge is 0.316 e. The van der Waals surface area contributed by atoms with Crippen molar-refractivity contribution in [2.75, 3.05) is 32.5 Å². The molecule has 0 bridgehead atoms. The number of nitrogens with one attached hydrogen (secondary N) is 1. The molecule has 10 nitrogen and oxygen atoms in total. The summed E-state index contributed by atoms with van der Waals surface area (Å²) in [6.07, 6.45) is 0.815. The molecule has 2 atom stereocenters. The van der Waals surface area contributed by atoms with Gasteiger partial charge in [0.15, 0.2) is 0 Å². The number of likely N-dealkylation sites (N-methyl/N-ethyl adjacent to an activating group) is 1. The van der Waals surface area contributed by atoms with E-state index in [1.165, 1.54) is 20.8 Å². The quantitative estimate of drug-likeness (QED) is 0.739. The van der Waals surface area contributed by atoms with Crippen molar-refractivity contribution in [3.05, 3.63) is 42.2 Å². The summed E-state index contributed by atoms with van der Waals surface area (Å²) in [5, 5.41) is 6.40. The Morgan fingerprint density at radius 1 is 1.21 bits per heavy atom. The lowest BCUT2D eigenvalue weighted by Gasteiger charge is -2.36. The first-order valence-corrected chi connectivity index (χ1v) is 9.23. The van der Waals surface area contributed by atoms with E-state index < -0.39 is 11.8 Å². The van der Waals surface area contributed by atoms with Crippen LogP contribution < -0.4 is 5.32 Å². The normalized spacial score (nSPS) is 18.9. The number of nitrogens with zero attached hydrogens (tertiary/aromatic N) is 5. The Balaban J connectivity index is 1.61. The lowest BCUT2D eigenvalue weighted by Crippen LogP contribution is -2.49. The van der Waals surface area contributed by atoms with E-state index >= 15 is 0 Å². The highest BCUT2D eigenvalue weighted by Crippen LogP contribution is 2.25. The highest BCUT2D eigenvalue weighted by atomic mass is 16.5. The third-order valence-corrected chi connectivity index (χ3v) is 4.47. The highest BCUT2D eigenvalue weighted by Gasteiger charge is 2.32. The Morgan fingerprint density at radius 3 is 2.62 bits per heavy atom. The number of benzene rings is 1. The van der Waals surface area contributed by atoms with Gasteiger partial charge in [0.25, 0.3) is 0 Å². The highest BCUT2D eigenvalue weighted by molar-refractivity contribution is 6.39. The van der Waals surface area contributed by atoms with Crippen LogP contribution in [0.3, 0.4) is 0 Å². The fourth-order valence-corrected chi connectivity index (χ4v) is 2.98. The van der Waals surface area contributed by atoms with E-state index in [1.54, 1.807) is 14.1 Å². The van der Waals surface area contributed by atoms with Crippen LogP contribution in [0.5, 0.6) is 0 Å². The molecule has 1 aromatic carbocycles. The molecule has 1 aliphatic heterocycles. The van der Waals surface area contributed by atoms with Crippen molar-refractivity contribution in [3.63, 3.8) is 0 Å². The van der Waals surface area contributed by atoms with Crippen LogP contribution in [-0.4, -0.2) is 75.6 Å². The zero-order valence-electron chi connectivity index (χ0n) is 16.6. The van der Waals surface area contributed by atoms with E-state index in [0.717, 1.165) is 5.56 Å². The Kier molecular flexibility index (Phi) is 6.23. The first-order valence-electron chi connectivity index (χ1n) is 9.23. The first kappa shape index (κ1) is 20.5. The molecule has 0 aliphatic carbocycles. The molecule has 1 aliphatic rings. The molecule has 2 heterocycles. The molecule has 0 unspecified atom stereocenters. The predicted octanol–water partition coefficient (Wildman–Crippen LogP) is 0.293. The van der Waals surface area contributed by atoms with Crippen molar-refractivity contribution >= 4 is 23.7 Å². The molecule has 2 aromatic rings. The molecule has 1 N–H and O–H groups in total. The Bertz CT molecular complexity index is 882. The van der Waals surface area contributed by atoms with E-state index in [2.05, 4.69) is 15.4 Å². The number of amides is 3. The van der Waals surface area contributed by atoms with Crippen molar-refractivity contribution < 1.29 is 19.1 Å². The van der Waals surface area contributed by atoms with Gasteiger partial charge in [-0.2, -0.15) is 0 Å². The van der Waals surface area contributed by atoms with Crippen LogP contribution in [0.1, 0.15) is 18.6 Å². The van der Waals surface area contributed by atoms with Crippen LogP contribution in [0, 0.1) is 0 Å². The minimum atomic E-state index is -0.831. The van der Waals surface area contributed by atoms with Crippen molar-refractivity contribution in [1.29, 1.82) is 0 Å². The summed E-state index contributed by atoms with van der Waals surface area (Å²) in [6.45, 7) is 2.44. The fourth-order valence-electron chi connectivity index (χ4n) is 2.98. The number of anilines is 1. The van der Waals surface area contributed by atoms with Crippen molar-refractivity contribution in [1.82, 2.24) is 24.6 Å². The minimum Gasteiger partial charge on any atom is -0.367 e. The average Bonchev–Trinajstić information content (AvgIpc) is 3.14. The van der Waals surface area contributed by atoms with E-state index in [4.69, 9.17) is 4.74 Å². The summed E-state index contributed by atoms with van der Waals surface area (Å²) in [5.74, 6) is -1.71. The number of hydrogen-bond donors (Lipinski definition) is 1. The summed E-state index contributed by atoms with van der Waals surface area (Å²) < 4.78 is 7.22. The number of aromatic nitrogens is 3. The van der Waals surface area contributed by atoms with Gasteiger partial charge >= 0.3 is 11.8 Å². The number of ether oxygens (including phenoxy) is 1. The van der Waals surface area contributed by atoms with Gasteiger partial charge < -0.3 is 14.5 Å². The molecular formula is C19H24N6O4. The molecule has 0 radical (unpaired) electrons. The molecule has 29 heavy (non-hydrogen) atoms. The average molecular weight is 400 g/mol. The van der Waals surface area contributed by atoms with E-state index in [-0.39, 0.29) is 37.2 Å². The maximum absolute atomic E-state index is 12.6. The van der Waals surface area contributed by atoms with E-state index in [9.17, 15) is 14.4 Å². The predicted molar refractivity (Wildman–Crippen MR) is 104 cm³/mol. The third-order valence-electron chi connectivity index (χ3n) is 4.47. The van der Waals surface area contributed by atoms with Gasteiger partial charge in [-0.05, 0) is 12.5 Å². The fraction of sp³-hybridized carbons (Fsp3) is 0.421. The molecule has 3 amide bonds. The molecule has 0 spiro atoms. The van der Waals surface area contributed by atoms with Crippen molar-refractivity contribution in [3.8, 4) is 0 Å². The van der Waals surface area contributed by atoms with Crippen molar-refractivity contribution in [2.24, 2.45) is 0 Å². The lowest BCUT2D eigenvalue weighted by atomic mass is 10.1. The molecule has 0 saturated carbocycles. The van der Waals surface area contributed by atoms with Crippen LogP contribution in [0.4, 0.5) is 5.95 Å². The number of morpholine rings is 1. The van der Waals surface area contributed by atoms with E-state index in [1.807, 2.05) is 37.3 Å². The van der Waals surface area contributed by atoms with Gasteiger partial charge in [-0.3, -0.25) is 19.7 Å². The van der Waals surface area contributed by atoms with Crippen LogP contribution >= 0.6 is 0 Å². The molecule has 3 rings (SSSR count). The number of carbonyl (C=O) groups excluding carboxylic acids is 3. The second-order valence-electron chi connectivity index (χ2n) is 7.06. The van der Waals surface area contributed by atoms with Gasteiger partial charge in [-0.15, -0.1) is 5.10 Å².